The Balaban J connectivity index is 3.33. The molecule has 0 fully saturated rings. The highest BCUT2D eigenvalue weighted by molar-refractivity contribution is 14.1. The third kappa shape index (κ3) is 1.99. The second-order valence-electron chi connectivity index (χ2n) is 2.60. The van der Waals surface area contributed by atoms with Crippen LogP contribution in [0.5, 0.6) is 0 Å². The summed E-state index contributed by atoms with van der Waals surface area (Å²) in [6, 6.07) is 0. The molecule has 3 nitrogen and oxygen atoms in total. The first-order valence-electron chi connectivity index (χ1n) is 3.61. The van der Waals surface area contributed by atoms with E-state index in [0.717, 1.165) is 6.20 Å². The van der Waals surface area contributed by atoms with Gasteiger partial charge in [-0.15, -0.1) is 0 Å². The Morgan fingerprint density at radius 3 is 2.64 bits per heavy atom. The van der Waals surface area contributed by atoms with Crippen LogP contribution >= 0.6 is 22.6 Å². The van der Waals surface area contributed by atoms with Crippen LogP contribution in [0, 0.1) is 10.5 Å². The SMILES string of the molecule is Cc1c(C(=O)O)cnc(C(F)F)c1I. The van der Waals surface area contributed by atoms with Crippen molar-refractivity contribution >= 4 is 28.6 Å². The summed E-state index contributed by atoms with van der Waals surface area (Å²) >= 11 is 1.67. The highest BCUT2D eigenvalue weighted by Crippen LogP contribution is 2.26. The molecule has 1 N–H and O–H groups in total. The average Bonchev–Trinajstić information content (AvgIpc) is 2.08. The number of hydrogen-bond donors (Lipinski definition) is 1. The number of carboxylic acid groups (broad SMARTS) is 1. The number of carbonyl (C=O) groups is 1. The van der Waals surface area contributed by atoms with Gasteiger partial charge in [-0.3, -0.25) is 4.98 Å². The molecule has 1 aromatic heterocycles. The minimum absolute atomic E-state index is 0.0428. The number of rotatable bonds is 2. The molecule has 0 bridgehead atoms. The van der Waals surface area contributed by atoms with Crippen molar-refractivity contribution in [2.45, 2.75) is 13.3 Å². The summed E-state index contributed by atoms with van der Waals surface area (Å²) in [5.74, 6) is -1.16. The van der Waals surface area contributed by atoms with E-state index in [0.29, 0.717) is 5.56 Å². The molecule has 0 amide bonds. The fraction of sp³-hybridized carbons (Fsp3) is 0.250. The van der Waals surface area contributed by atoms with E-state index in [1.54, 1.807) is 22.6 Å². The van der Waals surface area contributed by atoms with Crippen LogP contribution in [0.15, 0.2) is 6.20 Å². The van der Waals surface area contributed by atoms with Crippen molar-refractivity contribution in [3.05, 3.63) is 26.6 Å². The molecule has 1 aromatic rings. The van der Waals surface area contributed by atoms with Gasteiger partial charge in [0.05, 0.1) is 5.56 Å². The number of hydrogen-bond acceptors (Lipinski definition) is 2. The molecular weight excluding hydrogens is 307 g/mol. The Kier molecular flexibility index (Phi) is 3.35. The Hall–Kier alpha value is -0.790. The summed E-state index contributed by atoms with van der Waals surface area (Å²) in [6.45, 7) is 1.48. The highest BCUT2D eigenvalue weighted by atomic mass is 127. The van der Waals surface area contributed by atoms with Gasteiger partial charge in [0.15, 0.2) is 0 Å². The fourth-order valence-electron chi connectivity index (χ4n) is 0.966. The quantitative estimate of drug-likeness (QED) is 0.854. The predicted molar refractivity (Wildman–Crippen MR) is 53.6 cm³/mol. The van der Waals surface area contributed by atoms with Crippen LogP contribution < -0.4 is 0 Å². The Labute approximate surface area is 92.3 Å². The zero-order valence-electron chi connectivity index (χ0n) is 7.09. The van der Waals surface area contributed by atoms with Crippen molar-refractivity contribution in [1.29, 1.82) is 0 Å². The standard InChI is InChI=1S/C8H6F2INO2/c1-3-4(8(13)14)2-12-6(5(3)11)7(9)10/h2,7H,1H3,(H,13,14). The average molecular weight is 313 g/mol. The van der Waals surface area contributed by atoms with Gasteiger partial charge in [-0.1, -0.05) is 0 Å². The maximum atomic E-state index is 12.3. The minimum atomic E-state index is -2.68. The smallest absolute Gasteiger partial charge is 0.337 e. The van der Waals surface area contributed by atoms with Crippen molar-refractivity contribution in [2.75, 3.05) is 0 Å². The number of aromatic nitrogens is 1. The van der Waals surface area contributed by atoms with Crippen molar-refractivity contribution in [3.8, 4) is 0 Å². The lowest BCUT2D eigenvalue weighted by Gasteiger charge is -2.07. The molecular formula is C8H6F2INO2. The van der Waals surface area contributed by atoms with E-state index in [4.69, 9.17) is 5.11 Å². The van der Waals surface area contributed by atoms with Crippen molar-refractivity contribution in [3.63, 3.8) is 0 Å². The normalized spacial score (nSPS) is 10.6. The lowest BCUT2D eigenvalue weighted by molar-refractivity contribution is 0.0694. The van der Waals surface area contributed by atoms with Gasteiger partial charge in [-0.05, 0) is 35.1 Å². The van der Waals surface area contributed by atoms with E-state index in [9.17, 15) is 13.6 Å². The van der Waals surface area contributed by atoms with E-state index >= 15 is 0 Å². The molecule has 0 aliphatic carbocycles. The molecule has 0 aliphatic rings. The maximum absolute atomic E-state index is 12.3. The molecule has 0 aliphatic heterocycles. The monoisotopic (exact) mass is 313 g/mol. The zero-order valence-corrected chi connectivity index (χ0v) is 9.25. The number of nitrogens with zero attached hydrogens (tertiary/aromatic N) is 1. The first kappa shape index (κ1) is 11.3. The number of alkyl halides is 2. The maximum Gasteiger partial charge on any atom is 0.337 e. The molecule has 0 saturated heterocycles. The molecule has 6 heteroatoms. The van der Waals surface area contributed by atoms with E-state index < -0.39 is 12.4 Å². The summed E-state index contributed by atoms with van der Waals surface area (Å²) in [6.07, 6.45) is -1.72. The van der Waals surface area contributed by atoms with Crippen LogP contribution in [-0.2, 0) is 0 Å². The summed E-state index contributed by atoms with van der Waals surface area (Å²) in [5, 5.41) is 8.69. The molecule has 14 heavy (non-hydrogen) atoms. The van der Waals surface area contributed by atoms with Crippen LogP contribution in [0.1, 0.15) is 28.0 Å². The Morgan fingerprint density at radius 1 is 1.64 bits per heavy atom. The zero-order chi connectivity index (χ0) is 10.9. The van der Waals surface area contributed by atoms with Gasteiger partial charge in [0, 0.05) is 9.77 Å². The summed E-state index contributed by atoms with van der Waals surface area (Å²) < 4.78 is 24.9. The molecule has 1 heterocycles. The number of carboxylic acids is 1. The van der Waals surface area contributed by atoms with Crippen molar-refractivity contribution < 1.29 is 18.7 Å². The van der Waals surface area contributed by atoms with Crippen molar-refractivity contribution in [2.24, 2.45) is 0 Å². The molecule has 1 rings (SSSR count). The molecule has 0 saturated carbocycles. The van der Waals surface area contributed by atoms with E-state index in [1.807, 2.05) is 0 Å². The van der Waals surface area contributed by atoms with Gasteiger partial charge < -0.3 is 5.11 Å². The predicted octanol–water partition coefficient (Wildman–Crippen LogP) is 2.63. The molecule has 0 radical (unpaired) electrons. The Bertz CT molecular complexity index is 382. The van der Waals surface area contributed by atoms with E-state index in [2.05, 4.69) is 4.98 Å². The molecule has 0 spiro atoms. The van der Waals surface area contributed by atoms with Gasteiger partial charge in [0.2, 0.25) is 0 Å². The first-order chi connectivity index (χ1) is 6.45. The van der Waals surface area contributed by atoms with Gasteiger partial charge >= 0.3 is 5.97 Å². The molecule has 0 atom stereocenters. The Morgan fingerprint density at radius 2 is 2.21 bits per heavy atom. The van der Waals surface area contributed by atoms with Crippen LogP contribution in [0.2, 0.25) is 0 Å². The molecule has 0 unspecified atom stereocenters. The van der Waals surface area contributed by atoms with Crippen molar-refractivity contribution in [1.82, 2.24) is 4.98 Å². The topological polar surface area (TPSA) is 50.2 Å². The van der Waals surface area contributed by atoms with Gasteiger partial charge in [-0.25, -0.2) is 13.6 Å². The second kappa shape index (κ2) is 4.16. The first-order valence-corrected chi connectivity index (χ1v) is 4.69. The largest absolute Gasteiger partial charge is 0.478 e. The highest BCUT2D eigenvalue weighted by Gasteiger charge is 2.19. The van der Waals surface area contributed by atoms with Crippen LogP contribution in [-0.4, -0.2) is 16.1 Å². The van der Waals surface area contributed by atoms with Crippen LogP contribution in [0.25, 0.3) is 0 Å². The summed E-state index contributed by atoms with van der Waals surface area (Å²) in [4.78, 5) is 14.0. The summed E-state index contributed by atoms with van der Waals surface area (Å²) in [7, 11) is 0. The van der Waals surface area contributed by atoms with E-state index in [-0.39, 0.29) is 14.8 Å². The third-order valence-corrected chi connectivity index (χ3v) is 3.09. The van der Waals surface area contributed by atoms with Crippen LogP contribution in [0.4, 0.5) is 8.78 Å². The minimum Gasteiger partial charge on any atom is -0.478 e. The number of aromatic carboxylic acids is 1. The van der Waals surface area contributed by atoms with Gasteiger partial charge in [0.25, 0.3) is 6.43 Å². The summed E-state index contributed by atoms with van der Waals surface area (Å²) in [5.41, 5.74) is -0.0877. The fourth-order valence-corrected chi connectivity index (χ4v) is 1.63. The van der Waals surface area contributed by atoms with Gasteiger partial charge in [-0.2, -0.15) is 0 Å². The lowest BCUT2D eigenvalue weighted by Crippen LogP contribution is -2.06. The van der Waals surface area contributed by atoms with Gasteiger partial charge in [0.1, 0.15) is 5.69 Å². The lowest BCUT2D eigenvalue weighted by atomic mass is 10.1. The van der Waals surface area contributed by atoms with Crippen LogP contribution in [0.3, 0.4) is 0 Å². The number of pyridine rings is 1. The second-order valence-corrected chi connectivity index (χ2v) is 3.68. The molecule has 76 valence electrons. The molecule has 0 aromatic carbocycles. The third-order valence-electron chi connectivity index (χ3n) is 1.73. The van der Waals surface area contributed by atoms with E-state index in [1.165, 1.54) is 6.92 Å². The number of halogens is 3.